The number of carbonyl (C=O) groups excluding carboxylic acids is 1. The Bertz CT molecular complexity index is 947. The van der Waals surface area contributed by atoms with Crippen LogP contribution in [-0.4, -0.2) is 68.5 Å². The summed E-state index contributed by atoms with van der Waals surface area (Å²) in [4.78, 5) is 25.4. The summed E-state index contributed by atoms with van der Waals surface area (Å²) in [7, 11) is 1.32. The molecule has 0 radical (unpaired) electrons. The predicted octanol–water partition coefficient (Wildman–Crippen LogP) is 14.7. The molecule has 0 aromatic heterocycles. The van der Waals surface area contributed by atoms with Crippen molar-refractivity contribution in [3.8, 4) is 0 Å². The molecule has 0 heterocycles. The monoisotopic (exact) mass is 873 g/mol. The highest BCUT2D eigenvalue weighted by molar-refractivity contribution is 7.45. The lowest BCUT2D eigenvalue weighted by Crippen LogP contribution is -2.46. The first-order valence-electron chi connectivity index (χ1n) is 26.4. The molecule has 0 aliphatic heterocycles. The third kappa shape index (κ3) is 45.5. The number of rotatable bonds is 49. The highest BCUT2D eigenvalue weighted by Crippen LogP contribution is 2.38. The van der Waals surface area contributed by atoms with Gasteiger partial charge in [0.15, 0.2) is 0 Å². The molecule has 8 nitrogen and oxygen atoms in total. The number of likely N-dealkylation sites (N-methyl/N-ethyl adjacent to an activating group) is 1. The summed E-state index contributed by atoms with van der Waals surface area (Å²) in [5, 5.41) is 13.9. The fourth-order valence-electron chi connectivity index (χ4n) is 8.16. The lowest BCUT2D eigenvalue weighted by Gasteiger charge is -2.30. The minimum absolute atomic E-state index is 0.0162. The van der Waals surface area contributed by atoms with Gasteiger partial charge in [-0.1, -0.05) is 251 Å². The van der Waals surface area contributed by atoms with Crippen LogP contribution >= 0.6 is 7.82 Å². The van der Waals surface area contributed by atoms with Crippen LogP contribution in [0.15, 0.2) is 0 Å². The van der Waals surface area contributed by atoms with Crippen LogP contribution in [0.1, 0.15) is 271 Å². The second-order valence-electron chi connectivity index (χ2n) is 19.6. The van der Waals surface area contributed by atoms with E-state index in [4.69, 9.17) is 9.05 Å². The number of unbranched alkanes of at least 4 members (excludes halogenated alkanes) is 36. The topological polar surface area (TPSA) is 108 Å². The molecular weight excluding hydrogens is 768 g/mol. The van der Waals surface area contributed by atoms with E-state index < -0.39 is 20.0 Å². The molecule has 0 aliphatic carbocycles. The SMILES string of the molecule is CCCCCCCCCCCCCCCCCCCCCCCCCCCCC(=O)NC(COP(=O)([O-])OCC[N+](C)(C)C)C(O)CCCCCCCCCCCCCC. The van der Waals surface area contributed by atoms with E-state index in [-0.39, 0.29) is 19.1 Å². The van der Waals surface area contributed by atoms with Gasteiger partial charge < -0.3 is 28.8 Å². The van der Waals surface area contributed by atoms with Crippen LogP contribution < -0.4 is 10.2 Å². The summed E-state index contributed by atoms with van der Waals surface area (Å²) in [6.07, 6.45) is 49.9. The summed E-state index contributed by atoms with van der Waals surface area (Å²) in [5.74, 6) is -0.159. The quantitative estimate of drug-likeness (QED) is 0.0358. The van der Waals surface area contributed by atoms with Gasteiger partial charge in [-0.05, 0) is 12.8 Å². The van der Waals surface area contributed by atoms with Crippen LogP contribution in [0.25, 0.3) is 0 Å². The van der Waals surface area contributed by atoms with Crippen LogP contribution in [0.2, 0.25) is 0 Å². The molecule has 0 fully saturated rings. The van der Waals surface area contributed by atoms with Crippen LogP contribution in [-0.2, 0) is 18.4 Å². The zero-order valence-electron chi connectivity index (χ0n) is 40.9. The molecule has 0 spiro atoms. The van der Waals surface area contributed by atoms with E-state index in [2.05, 4.69) is 19.2 Å². The maximum atomic E-state index is 12.9. The number of amides is 1. The summed E-state index contributed by atoms with van der Waals surface area (Å²) in [6.45, 7) is 4.75. The number of phosphoric ester groups is 1. The van der Waals surface area contributed by atoms with E-state index in [9.17, 15) is 19.4 Å². The van der Waals surface area contributed by atoms with E-state index in [0.29, 0.717) is 23.9 Å². The van der Waals surface area contributed by atoms with Crippen molar-refractivity contribution in [1.82, 2.24) is 5.32 Å². The van der Waals surface area contributed by atoms with Crippen molar-refractivity contribution in [1.29, 1.82) is 0 Å². The third-order valence-corrected chi connectivity index (χ3v) is 13.3. The number of hydrogen-bond acceptors (Lipinski definition) is 6. The van der Waals surface area contributed by atoms with Crippen molar-refractivity contribution >= 4 is 13.7 Å². The van der Waals surface area contributed by atoms with Gasteiger partial charge in [0.2, 0.25) is 5.91 Å². The van der Waals surface area contributed by atoms with Crippen LogP contribution in [0.5, 0.6) is 0 Å². The number of phosphoric acid groups is 1. The van der Waals surface area contributed by atoms with Crippen molar-refractivity contribution in [3.63, 3.8) is 0 Å². The van der Waals surface area contributed by atoms with Crippen LogP contribution in [0, 0.1) is 0 Å². The molecule has 0 aliphatic rings. The van der Waals surface area contributed by atoms with Gasteiger partial charge in [0.1, 0.15) is 13.2 Å². The van der Waals surface area contributed by atoms with Crippen molar-refractivity contribution < 1.29 is 32.9 Å². The Balaban J connectivity index is 4.06. The largest absolute Gasteiger partial charge is 0.756 e. The van der Waals surface area contributed by atoms with Gasteiger partial charge in [-0.25, -0.2) is 0 Å². The fourth-order valence-corrected chi connectivity index (χ4v) is 8.88. The molecule has 3 unspecified atom stereocenters. The van der Waals surface area contributed by atoms with Crippen molar-refractivity contribution in [2.45, 2.75) is 283 Å². The molecule has 0 aromatic rings. The van der Waals surface area contributed by atoms with Gasteiger partial charge in [-0.15, -0.1) is 0 Å². The zero-order valence-corrected chi connectivity index (χ0v) is 41.8. The molecule has 0 aromatic carbocycles. The average molecular weight is 873 g/mol. The van der Waals surface area contributed by atoms with Gasteiger partial charge in [0, 0.05) is 6.42 Å². The van der Waals surface area contributed by atoms with Gasteiger partial charge in [0.05, 0.1) is 39.9 Å². The Morgan fingerprint density at radius 1 is 0.517 bits per heavy atom. The Morgan fingerprint density at radius 3 is 1.13 bits per heavy atom. The average Bonchev–Trinajstić information content (AvgIpc) is 3.20. The molecule has 0 rings (SSSR count). The highest BCUT2D eigenvalue weighted by Gasteiger charge is 2.24. The molecule has 1 amide bonds. The van der Waals surface area contributed by atoms with E-state index in [0.717, 1.165) is 38.5 Å². The summed E-state index contributed by atoms with van der Waals surface area (Å²) in [6, 6.07) is -0.793. The van der Waals surface area contributed by atoms with E-state index >= 15 is 0 Å². The van der Waals surface area contributed by atoms with Crippen molar-refractivity contribution in [2.24, 2.45) is 0 Å². The van der Waals surface area contributed by atoms with E-state index in [1.807, 2.05) is 21.1 Å². The Hall–Kier alpha value is -0.500. The molecule has 0 saturated heterocycles. The van der Waals surface area contributed by atoms with Crippen LogP contribution in [0.3, 0.4) is 0 Å². The minimum Gasteiger partial charge on any atom is -0.756 e. The number of aliphatic hydroxyl groups is 1. The zero-order chi connectivity index (χ0) is 44.3. The van der Waals surface area contributed by atoms with Gasteiger partial charge in [-0.3, -0.25) is 9.36 Å². The van der Waals surface area contributed by atoms with Crippen LogP contribution in [0.4, 0.5) is 0 Å². The number of nitrogens with one attached hydrogen (secondary N) is 1. The maximum Gasteiger partial charge on any atom is 0.268 e. The maximum absolute atomic E-state index is 12.9. The lowest BCUT2D eigenvalue weighted by atomic mass is 10.0. The number of hydrogen-bond donors (Lipinski definition) is 2. The number of nitrogens with zero attached hydrogens (tertiary/aromatic N) is 1. The van der Waals surface area contributed by atoms with Crippen molar-refractivity contribution in [3.05, 3.63) is 0 Å². The van der Waals surface area contributed by atoms with E-state index in [1.165, 1.54) is 205 Å². The smallest absolute Gasteiger partial charge is 0.268 e. The Morgan fingerprint density at radius 2 is 0.817 bits per heavy atom. The molecule has 60 heavy (non-hydrogen) atoms. The van der Waals surface area contributed by atoms with Crippen molar-refractivity contribution in [2.75, 3.05) is 40.9 Å². The normalized spacial score (nSPS) is 14.1. The fraction of sp³-hybridized carbons (Fsp3) is 0.980. The second kappa shape index (κ2) is 43.7. The van der Waals surface area contributed by atoms with Gasteiger partial charge in [-0.2, -0.15) is 0 Å². The number of quaternary nitrogens is 1. The standard InChI is InChI=1S/C51H105N2O6P/c1-6-8-10-12-14-16-18-20-21-22-23-24-25-26-27-28-29-30-31-32-33-35-37-39-41-43-45-51(55)52-49(48-59-60(56,57)58-47-46-53(3,4)5)50(54)44-42-40-38-36-34-19-17-15-13-11-9-7-2/h49-50,54H,6-48H2,1-5H3,(H-,52,55,56,57). The first kappa shape index (κ1) is 59.5. The van der Waals surface area contributed by atoms with Gasteiger partial charge >= 0.3 is 0 Å². The van der Waals surface area contributed by atoms with Gasteiger partial charge in [0.25, 0.3) is 7.82 Å². The second-order valence-corrected chi connectivity index (χ2v) is 21.0. The van der Waals surface area contributed by atoms with E-state index in [1.54, 1.807) is 0 Å². The third-order valence-electron chi connectivity index (χ3n) is 12.3. The molecule has 9 heteroatoms. The predicted molar refractivity (Wildman–Crippen MR) is 256 cm³/mol. The first-order chi connectivity index (χ1) is 29.0. The first-order valence-corrected chi connectivity index (χ1v) is 27.8. The molecule has 3 atom stereocenters. The Labute approximate surface area is 374 Å². The summed E-state index contributed by atoms with van der Waals surface area (Å²) < 4.78 is 23.3. The molecule has 0 bridgehead atoms. The highest BCUT2D eigenvalue weighted by atomic mass is 31.2. The minimum atomic E-state index is -4.56. The lowest BCUT2D eigenvalue weighted by molar-refractivity contribution is -0.870. The number of carbonyl (C=O) groups is 1. The molecule has 0 saturated carbocycles. The summed E-state index contributed by atoms with van der Waals surface area (Å²) >= 11 is 0. The molecular formula is C51H105N2O6P. The summed E-state index contributed by atoms with van der Waals surface area (Å²) in [5.41, 5.74) is 0. The molecule has 2 N–H and O–H groups in total. The number of aliphatic hydroxyl groups excluding tert-OH is 1. The Kier molecular flexibility index (Phi) is 43.4. The molecule has 360 valence electrons.